The Morgan fingerprint density at radius 2 is 1.76 bits per heavy atom. The van der Waals surface area contributed by atoms with E-state index in [0.717, 1.165) is 27.4 Å². The van der Waals surface area contributed by atoms with E-state index in [4.69, 9.17) is 22.3 Å². The molecule has 3 rings (SSSR count). The molecule has 108 valence electrons. The molecule has 0 saturated carbocycles. The number of benzene rings is 2. The lowest BCUT2D eigenvalue weighted by atomic mass is 10.1. The zero-order valence-electron chi connectivity index (χ0n) is 12.2. The molecule has 3 nitrogen and oxygen atoms in total. The molecule has 1 heterocycles. The lowest BCUT2D eigenvalue weighted by Gasteiger charge is -2.21. The Balaban J connectivity index is 2.21. The molecule has 2 aromatic carbocycles. The fraction of sp³-hybridized carbons (Fsp3) is 0.235. The average Bonchev–Trinajstić information content (AvgIpc) is 2.77. The van der Waals surface area contributed by atoms with Crippen molar-refractivity contribution in [2.24, 2.45) is 5.73 Å². The third kappa shape index (κ3) is 2.94. The zero-order valence-corrected chi connectivity index (χ0v) is 12.9. The summed E-state index contributed by atoms with van der Waals surface area (Å²) in [5, 5.41) is 0.723. The first kappa shape index (κ1) is 14.1. The molecular weight excluding hydrogens is 282 g/mol. The number of hydrogen-bond donors (Lipinski definition) is 1. The topological polar surface area (TPSA) is 43.8 Å². The quantitative estimate of drug-likeness (QED) is 0.791. The van der Waals surface area contributed by atoms with Crippen LogP contribution in [-0.4, -0.2) is 15.1 Å². The van der Waals surface area contributed by atoms with Crippen LogP contribution >= 0.6 is 11.6 Å². The Morgan fingerprint density at radius 1 is 1.10 bits per heavy atom. The molecule has 0 spiro atoms. The summed E-state index contributed by atoms with van der Waals surface area (Å²) in [6, 6.07) is 15.9. The Bertz CT molecular complexity index is 767. The minimum absolute atomic E-state index is 0.315. The SMILES string of the molecule is CC(C)(N)Cn1c(-c2ccc(Cl)cc2)nc2ccccc21. The van der Waals surface area contributed by atoms with Crippen LogP contribution in [-0.2, 0) is 6.54 Å². The summed E-state index contributed by atoms with van der Waals surface area (Å²) in [6.45, 7) is 4.74. The molecule has 4 heteroatoms. The van der Waals surface area contributed by atoms with Gasteiger partial charge in [0.1, 0.15) is 5.82 Å². The minimum atomic E-state index is -0.315. The summed E-state index contributed by atoms with van der Waals surface area (Å²) < 4.78 is 2.18. The van der Waals surface area contributed by atoms with E-state index in [2.05, 4.69) is 10.6 Å². The van der Waals surface area contributed by atoms with Crippen LogP contribution in [0.25, 0.3) is 22.4 Å². The van der Waals surface area contributed by atoms with Crippen molar-refractivity contribution in [2.75, 3.05) is 0 Å². The number of halogens is 1. The molecule has 2 N–H and O–H groups in total. The lowest BCUT2D eigenvalue weighted by molar-refractivity contribution is 0.442. The Labute approximate surface area is 129 Å². The molecule has 0 aliphatic heterocycles. The van der Waals surface area contributed by atoms with E-state index in [1.165, 1.54) is 0 Å². The Kier molecular flexibility index (Phi) is 3.47. The highest BCUT2D eigenvalue weighted by molar-refractivity contribution is 6.30. The van der Waals surface area contributed by atoms with Crippen molar-refractivity contribution in [1.29, 1.82) is 0 Å². The fourth-order valence-corrected chi connectivity index (χ4v) is 2.59. The van der Waals surface area contributed by atoms with E-state index in [1.54, 1.807) is 0 Å². The predicted molar refractivity (Wildman–Crippen MR) is 88.4 cm³/mol. The monoisotopic (exact) mass is 299 g/mol. The summed E-state index contributed by atoms with van der Waals surface area (Å²) in [6.07, 6.45) is 0. The number of fused-ring (bicyclic) bond motifs is 1. The maximum atomic E-state index is 6.22. The molecule has 0 atom stereocenters. The van der Waals surface area contributed by atoms with Crippen LogP contribution in [0.2, 0.25) is 5.02 Å². The highest BCUT2D eigenvalue weighted by atomic mass is 35.5. The summed E-state index contributed by atoms with van der Waals surface area (Å²) >= 11 is 5.98. The van der Waals surface area contributed by atoms with Crippen molar-refractivity contribution in [2.45, 2.75) is 25.9 Å². The number of imidazole rings is 1. The average molecular weight is 300 g/mol. The smallest absolute Gasteiger partial charge is 0.141 e. The van der Waals surface area contributed by atoms with Crippen LogP contribution in [0.1, 0.15) is 13.8 Å². The third-order valence-corrected chi connectivity index (χ3v) is 3.57. The molecule has 0 radical (unpaired) electrons. The van der Waals surface area contributed by atoms with Crippen LogP contribution in [0.5, 0.6) is 0 Å². The van der Waals surface area contributed by atoms with Crippen molar-refractivity contribution in [3.05, 3.63) is 53.6 Å². The number of aromatic nitrogens is 2. The van der Waals surface area contributed by atoms with Crippen molar-refractivity contribution >= 4 is 22.6 Å². The summed E-state index contributed by atoms with van der Waals surface area (Å²) in [5.41, 5.74) is 9.02. The van der Waals surface area contributed by atoms with Crippen LogP contribution in [0.15, 0.2) is 48.5 Å². The van der Waals surface area contributed by atoms with E-state index in [-0.39, 0.29) is 5.54 Å². The van der Waals surface area contributed by atoms with Crippen molar-refractivity contribution in [1.82, 2.24) is 9.55 Å². The number of rotatable bonds is 3. The molecule has 1 aromatic heterocycles. The van der Waals surface area contributed by atoms with Gasteiger partial charge in [-0.2, -0.15) is 0 Å². The molecule has 21 heavy (non-hydrogen) atoms. The van der Waals surface area contributed by atoms with Gasteiger partial charge < -0.3 is 10.3 Å². The molecule has 0 unspecified atom stereocenters. The van der Waals surface area contributed by atoms with E-state index in [9.17, 15) is 0 Å². The van der Waals surface area contributed by atoms with Gasteiger partial charge in [0.15, 0.2) is 0 Å². The van der Waals surface area contributed by atoms with Crippen LogP contribution in [0.3, 0.4) is 0 Å². The van der Waals surface area contributed by atoms with Gasteiger partial charge in [0, 0.05) is 22.7 Å². The predicted octanol–water partition coefficient (Wildman–Crippen LogP) is 4.09. The highest BCUT2D eigenvalue weighted by Gasteiger charge is 2.18. The summed E-state index contributed by atoms with van der Waals surface area (Å²) in [4.78, 5) is 4.76. The van der Waals surface area contributed by atoms with Gasteiger partial charge in [0.25, 0.3) is 0 Å². The van der Waals surface area contributed by atoms with Crippen LogP contribution in [0.4, 0.5) is 0 Å². The molecule has 0 bridgehead atoms. The van der Waals surface area contributed by atoms with E-state index in [1.807, 2.05) is 56.3 Å². The van der Waals surface area contributed by atoms with Crippen LogP contribution in [0, 0.1) is 0 Å². The van der Waals surface area contributed by atoms with Gasteiger partial charge in [-0.05, 0) is 50.2 Å². The van der Waals surface area contributed by atoms with E-state index < -0.39 is 0 Å². The number of hydrogen-bond acceptors (Lipinski definition) is 2. The second kappa shape index (κ2) is 5.17. The van der Waals surface area contributed by atoms with Crippen molar-refractivity contribution in [3.63, 3.8) is 0 Å². The third-order valence-electron chi connectivity index (χ3n) is 3.32. The van der Waals surface area contributed by atoms with Crippen molar-refractivity contribution < 1.29 is 0 Å². The second-order valence-corrected chi connectivity index (χ2v) is 6.44. The summed E-state index contributed by atoms with van der Waals surface area (Å²) in [5.74, 6) is 0.923. The molecular formula is C17H18ClN3. The lowest BCUT2D eigenvalue weighted by Crippen LogP contribution is -2.37. The van der Waals surface area contributed by atoms with Gasteiger partial charge in [-0.1, -0.05) is 23.7 Å². The van der Waals surface area contributed by atoms with Crippen LogP contribution < -0.4 is 5.73 Å². The van der Waals surface area contributed by atoms with E-state index >= 15 is 0 Å². The number of para-hydroxylation sites is 2. The maximum Gasteiger partial charge on any atom is 0.141 e. The first-order valence-electron chi connectivity index (χ1n) is 6.94. The first-order valence-corrected chi connectivity index (χ1v) is 7.32. The molecule has 0 aliphatic rings. The molecule has 3 aromatic rings. The van der Waals surface area contributed by atoms with Crippen molar-refractivity contribution in [3.8, 4) is 11.4 Å². The normalized spacial score (nSPS) is 12.0. The highest BCUT2D eigenvalue weighted by Crippen LogP contribution is 2.27. The van der Waals surface area contributed by atoms with E-state index in [0.29, 0.717) is 6.54 Å². The molecule has 0 amide bonds. The van der Waals surface area contributed by atoms with Gasteiger partial charge in [-0.15, -0.1) is 0 Å². The van der Waals surface area contributed by atoms with Gasteiger partial charge in [-0.25, -0.2) is 4.98 Å². The molecule has 0 saturated heterocycles. The number of nitrogens with two attached hydrogens (primary N) is 1. The molecule has 0 fully saturated rings. The van der Waals surface area contributed by atoms with Gasteiger partial charge in [0.2, 0.25) is 0 Å². The first-order chi connectivity index (χ1) is 9.94. The summed E-state index contributed by atoms with van der Waals surface area (Å²) in [7, 11) is 0. The number of nitrogens with zero attached hydrogens (tertiary/aromatic N) is 2. The largest absolute Gasteiger partial charge is 0.324 e. The standard InChI is InChI=1S/C17H18ClN3/c1-17(2,19)11-21-15-6-4-3-5-14(15)20-16(21)12-7-9-13(18)10-8-12/h3-10H,11,19H2,1-2H3. The van der Waals surface area contributed by atoms with Gasteiger partial charge in [0.05, 0.1) is 11.0 Å². The van der Waals surface area contributed by atoms with Gasteiger partial charge >= 0.3 is 0 Å². The Hall–Kier alpha value is -1.84. The zero-order chi connectivity index (χ0) is 15.0. The minimum Gasteiger partial charge on any atom is -0.324 e. The molecule has 0 aliphatic carbocycles. The maximum absolute atomic E-state index is 6.22. The second-order valence-electron chi connectivity index (χ2n) is 6.01. The fourth-order valence-electron chi connectivity index (χ4n) is 2.46. The Morgan fingerprint density at radius 3 is 2.43 bits per heavy atom. The van der Waals surface area contributed by atoms with Gasteiger partial charge in [-0.3, -0.25) is 0 Å².